The van der Waals surface area contributed by atoms with Crippen LogP contribution in [0.2, 0.25) is 0 Å². The molecule has 0 radical (unpaired) electrons. The smallest absolute Gasteiger partial charge is 0.331 e. The van der Waals surface area contributed by atoms with Gasteiger partial charge in [0.2, 0.25) is 11.8 Å². The molecule has 2 rings (SSSR count). The monoisotopic (exact) mass is 278 g/mol. The van der Waals surface area contributed by atoms with Crippen LogP contribution in [0, 0.1) is 5.41 Å². The van der Waals surface area contributed by atoms with Gasteiger partial charge in [-0.25, -0.2) is 4.79 Å². The molecule has 1 saturated heterocycles. The van der Waals surface area contributed by atoms with Crippen molar-refractivity contribution in [3.63, 3.8) is 0 Å². The number of carbonyl (C=O) groups excluding carboxylic acids is 3. The summed E-state index contributed by atoms with van der Waals surface area (Å²) < 4.78 is 5.22. The molecule has 1 fully saturated rings. The normalized spacial score (nSPS) is 19.9. The molecular formula is C14H18N2O4. The Bertz CT molecular complexity index is 533. The van der Waals surface area contributed by atoms with Crippen molar-refractivity contribution >= 4 is 17.8 Å². The zero-order valence-electron chi connectivity index (χ0n) is 11.8. The van der Waals surface area contributed by atoms with Gasteiger partial charge in [0.05, 0.1) is 6.26 Å². The second kappa shape index (κ2) is 5.11. The second-order valence-electron chi connectivity index (χ2n) is 5.53. The van der Waals surface area contributed by atoms with E-state index in [1.807, 2.05) is 6.07 Å². The van der Waals surface area contributed by atoms with Crippen LogP contribution in [0.15, 0.2) is 22.8 Å². The number of urea groups is 1. The maximum absolute atomic E-state index is 12.3. The number of aryl methyl sites for hydroxylation is 1. The predicted octanol–water partition coefficient (Wildman–Crippen LogP) is 1.71. The SMILES string of the molecule is CC(CCc1ccco1)N1C(=O)NC(=O)C(C)(C)C1=O. The molecule has 1 aromatic heterocycles. The summed E-state index contributed by atoms with van der Waals surface area (Å²) in [5.41, 5.74) is -1.22. The Morgan fingerprint density at radius 1 is 1.35 bits per heavy atom. The summed E-state index contributed by atoms with van der Waals surface area (Å²) in [6.45, 7) is 4.82. The number of carbonyl (C=O) groups is 3. The molecule has 20 heavy (non-hydrogen) atoms. The molecule has 6 heteroatoms. The third-order valence-electron chi connectivity index (χ3n) is 3.59. The molecule has 1 aliphatic heterocycles. The van der Waals surface area contributed by atoms with Crippen molar-refractivity contribution in [3.8, 4) is 0 Å². The number of barbiturate groups is 1. The standard InChI is InChI=1S/C14H18N2O4/c1-9(6-7-10-5-4-8-20-10)16-12(18)14(2,3)11(17)15-13(16)19/h4-5,8-9H,6-7H2,1-3H3,(H,15,17,19). The minimum Gasteiger partial charge on any atom is -0.469 e. The number of amides is 4. The number of nitrogens with zero attached hydrogens (tertiary/aromatic N) is 1. The molecule has 0 bridgehead atoms. The summed E-state index contributed by atoms with van der Waals surface area (Å²) in [6, 6.07) is 2.69. The van der Waals surface area contributed by atoms with E-state index in [9.17, 15) is 14.4 Å². The zero-order valence-corrected chi connectivity index (χ0v) is 11.8. The minimum atomic E-state index is -1.22. The topological polar surface area (TPSA) is 79.6 Å². The van der Waals surface area contributed by atoms with E-state index in [2.05, 4.69) is 5.32 Å². The lowest BCUT2D eigenvalue weighted by atomic mass is 9.88. The van der Waals surface area contributed by atoms with Crippen LogP contribution in [0.3, 0.4) is 0 Å². The number of furan rings is 1. The fourth-order valence-corrected chi connectivity index (χ4v) is 2.14. The summed E-state index contributed by atoms with van der Waals surface area (Å²) >= 11 is 0. The Kier molecular flexibility index (Phi) is 3.65. The third kappa shape index (κ3) is 2.45. The van der Waals surface area contributed by atoms with Crippen LogP contribution < -0.4 is 5.32 Å². The highest BCUT2D eigenvalue weighted by Gasteiger charge is 2.48. The Morgan fingerprint density at radius 2 is 2.05 bits per heavy atom. The first-order chi connectivity index (χ1) is 9.34. The van der Waals surface area contributed by atoms with Crippen molar-refractivity contribution in [2.75, 3.05) is 0 Å². The number of imide groups is 2. The lowest BCUT2D eigenvalue weighted by Gasteiger charge is -2.37. The van der Waals surface area contributed by atoms with Crippen molar-refractivity contribution in [1.29, 1.82) is 0 Å². The molecule has 0 spiro atoms. The molecule has 108 valence electrons. The first-order valence-corrected chi connectivity index (χ1v) is 6.55. The first-order valence-electron chi connectivity index (χ1n) is 6.55. The Balaban J connectivity index is 2.08. The molecule has 1 N–H and O–H groups in total. The van der Waals surface area contributed by atoms with E-state index in [0.717, 1.165) is 10.7 Å². The van der Waals surface area contributed by atoms with E-state index in [1.54, 1.807) is 19.3 Å². The second-order valence-corrected chi connectivity index (χ2v) is 5.53. The highest BCUT2D eigenvalue weighted by molar-refractivity contribution is 6.18. The molecule has 1 aromatic rings. The molecule has 4 amide bonds. The molecule has 0 aliphatic carbocycles. The highest BCUT2D eigenvalue weighted by atomic mass is 16.3. The maximum Gasteiger partial charge on any atom is 0.331 e. The molecule has 0 saturated carbocycles. The van der Waals surface area contributed by atoms with Gasteiger partial charge in [0.25, 0.3) is 0 Å². The predicted molar refractivity (Wildman–Crippen MR) is 70.7 cm³/mol. The Labute approximate surface area is 117 Å². The van der Waals surface area contributed by atoms with Crippen LogP contribution in [0.5, 0.6) is 0 Å². The fourth-order valence-electron chi connectivity index (χ4n) is 2.14. The Hall–Kier alpha value is -2.11. The third-order valence-corrected chi connectivity index (χ3v) is 3.59. The van der Waals surface area contributed by atoms with E-state index < -0.39 is 23.3 Å². The van der Waals surface area contributed by atoms with Gasteiger partial charge in [0, 0.05) is 12.5 Å². The largest absolute Gasteiger partial charge is 0.469 e. The molecule has 2 heterocycles. The average Bonchev–Trinajstić information content (AvgIpc) is 2.87. The Morgan fingerprint density at radius 3 is 2.65 bits per heavy atom. The van der Waals surface area contributed by atoms with Crippen LogP contribution in [-0.4, -0.2) is 28.8 Å². The molecule has 1 aliphatic rings. The van der Waals surface area contributed by atoms with Gasteiger partial charge >= 0.3 is 6.03 Å². The van der Waals surface area contributed by atoms with Gasteiger partial charge in [0.1, 0.15) is 11.2 Å². The van der Waals surface area contributed by atoms with Gasteiger partial charge in [-0.1, -0.05) is 0 Å². The summed E-state index contributed by atoms with van der Waals surface area (Å²) in [7, 11) is 0. The van der Waals surface area contributed by atoms with E-state index in [1.165, 1.54) is 13.8 Å². The number of nitrogens with one attached hydrogen (secondary N) is 1. The first kappa shape index (κ1) is 14.3. The molecule has 1 unspecified atom stereocenters. The minimum absolute atomic E-state index is 0.306. The van der Waals surface area contributed by atoms with Crippen molar-refractivity contribution in [1.82, 2.24) is 10.2 Å². The van der Waals surface area contributed by atoms with Crippen molar-refractivity contribution < 1.29 is 18.8 Å². The van der Waals surface area contributed by atoms with Crippen LogP contribution in [-0.2, 0) is 16.0 Å². The summed E-state index contributed by atoms with van der Waals surface area (Å²) in [6.07, 6.45) is 2.79. The summed E-state index contributed by atoms with van der Waals surface area (Å²) in [5.74, 6) is -0.211. The quantitative estimate of drug-likeness (QED) is 0.850. The van der Waals surface area contributed by atoms with Gasteiger partial charge < -0.3 is 4.42 Å². The number of hydrogen-bond donors (Lipinski definition) is 1. The van der Waals surface area contributed by atoms with E-state index in [-0.39, 0.29) is 6.04 Å². The molecule has 0 aromatic carbocycles. The van der Waals surface area contributed by atoms with Crippen LogP contribution >= 0.6 is 0 Å². The number of hydrogen-bond acceptors (Lipinski definition) is 4. The lowest BCUT2D eigenvalue weighted by Crippen LogP contribution is -2.63. The fraction of sp³-hybridized carbons (Fsp3) is 0.500. The van der Waals surface area contributed by atoms with Gasteiger partial charge in [-0.15, -0.1) is 0 Å². The van der Waals surface area contributed by atoms with Gasteiger partial charge in [-0.05, 0) is 39.3 Å². The van der Waals surface area contributed by atoms with E-state index in [4.69, 9.17) is 4.42 Å². The molecule has 6 nitrogen and oxygen atoms in total. The summed E-state index contributed by atoms with van der Waals surface area (Å²) in [4.78, 5) is 36.9. The van der Waals surface area contributed by atoms with Gasteiger partial charge in [-0.2, -0.15) is 0 Å². The maximum atomic E-state index is 12.3. The highest BCUT2D eigenvalue weighted by Crippen LogP contribution is 2.26. The van der Waals surface area contributed by atoms with Gasteiger partial charge in [-0.3, -0.25) is 19.8 Å². The van der Waals surface area contributed by atoms with Crippen molar-refractivity contribution in [2.24, 2.45) is 5.41 Å². The van der Waals surface area contributed by atoms with Crippen LogP contribution in [0.25, 0.3) is 0 Å². The summed E-state index contributed by atoms with van der Waals surface area (Å²) in [5, 5.41) is 2.23. The van der Waals surface area contributed by atoms with Crippen LogP contribution in [0.4, 0.5) is 4.79 Å². The van der Waals surface area contributed by atoms with E-state index in [0.29, 0.717) is 12.8 Å². The number of rotatable bonds is 4. The van der Waals surface area contributed by atoms with Crippen LogP contribution in [0.1, 0.15) is 33.0 Å². The zero-order chi connectivity index (χ0) is 14.9. The average molecular weight is 278 g/mol. The lowest BCUT2D eigenvalue weighted by molar-refractivity contribution is -0.150. The van der Waals surface area contributed by atoms with E-state index >= 15 is 0 Å². The molecular weight excluding hydrogens is 260 g/mol. The van der Waals surface area contributed by atoms with Gasteiger partial charge in [0.15, 0.2) is 0 Å². The molecule has 1 atom stereocenters. The van der Waals surface area contributed by atoms with Crippen molar-refractivity contribution in [3.05, 3.63) is 24.2 Å². The van der Waals surface area contributed by atoms with Crippen molar-refractivity contribution in [2.45, 2.75) is 39.7 Å².